The second-order valence-electron chi connectivity index (χ2n) is 6.33. The van der Waals surface area contributed by atoms with Crippen LogP contribution in [0.3, 0.4) is 0 Å². The summed E-state index contributed by atoms with van der Waals surface area (Å²) in [6.07, 6.45) is 0. The van der Waals surface area contributed by atoms with Gasteiger partial charge in [-0.3, -0.25) is 13.7 Å². The molecule has 0 spiro atoms. The zero-order valence-corrected chi connectivity index (χ0v) is 25.5. The Morgan fingerprint density at radius 1 is 0.531 bits per heavy atom. The zero-order valence-electron chi connectivity index (χ0n) is 17.1. The van der Waals surface area contributed by atoms with Crippen LogP contribution in [0.1, 0.15) is 0 Å². The van der Waals surface area contributed by atoms with Crippen LogP contribution in [-0.2, 0) is 30.4 Å². The molecule has 0 saturated carbocycles. The van der Waals surface area contributed by atoms with Crippen molar-refractivity contribution in [3.8, 4) is 0 Å². The van der Waals surface area contributed by atoms with Crippen molar-refractivity contribution in [3.63, 3.8) is 0 Å². The first-order valence-electron chi connectivity index (χ1n) is 7.67. The summed E-state index contributed by atoms with van der Waals surface area (Å²) in [4.78, 5) is -2.17. The summed E-state index contributed by atoms with van der Waals surface area (Å²) in [5, 5.41) is -0.0781. The van der Waals surface area contributed by atoms with Gasteiger partial charge in [-0.15, -0.1) is 0 Å². The molecule has 16 heteroatoms. The fourth-order valence-corrected chi connectivity index (χ4v) is 5.79. The van der Waals surface area contributed by atoms with Crippen LogP contribution in [-0.4, -0.2) is 38.9 Å². The molecule has 0 aromatic heterocycles. The van der Waals surface area contributed by atoms with Crippen LogP contribution in [0.25, 0.3) is 32.3 Å². The molecule has 0 amide bonds. The van der Waals surface area contributed by atoms with Crippen molar-refractivity contribution >= 4 is 68.4 Å². The molecule has 0 radical (unpaired) electrons. The zero-order chi connectivity index (χ0) is 21.5. The third kappa shape index (κ3) is 5.03. The minimum atomic E-state index is -4.93. The van der Waals surface area contributed by atoms with E-state index in [2.05, 4.69) is 0 Å². The van der Waals surface area contributed by atoms with Gasteiger partial charge in [0.2, 0.25) is 0 Å². The van der Waals surface area contributed by atoms with Crippen LogP contribution in [0.5, 0.6) is 0 Å². The minimum absolute atomic E-state index is 0. The van der Waals surface area contributed by atoms with Crippen LogP contribution in [0, 0.1) is 0 Å². The van der Waals surface area contributed by atoms with Crippen molar-refractivity contribution in [2.24, 2.45) is 0 Å². The Morgan fingerprint density at radius 3 is 1.16 bits per heavy atom. The van der Waals surface area contributed by atoms with Crippen LogP contribution in [0.15, 0.2) is 51.1 Å². The SMILES string of the molecule is Nc1cc(S(=O)(=O)O)c2ccc3c(S(=O)(=O)O)cc(S(=O)(=O)O)c4ccc1c2c43.[Na+].[Na+].[Na+]. The van der Waals surface area contributed by atoms with Gasteiger partial charge in [0.05, 0.1) is 0 Å². The van der Waals surface area contributed by atoms with Crippen molar-refractivity contribution in [1.29, 1.82) is 0 Å². The Hall–Kier alpha value is 0.450. The van der Waals surface area contributed by atoms with Crippen molar-refractivity contribution in [2.45, 2.75) is 14.7 Å². The van der Waals surface area contributed by atoms with E-state index in [1.807, 2.05) is 0 Å². The van der Waals surface area contributed by atoms with Gasteiger partial charge in [-0.25, -0.2) is 0 Å². The first-order valence-corrected chi connectivity index (χ1v) is 12.0. The number of hydrogen-bond acceptors (Lipinski definition) is 7. The maximum Gasteiger partial charge on any atom is 1.00 e. The summed E-state index contributed by atoms with van der Waals surface area (Å²) in [6, 6.07) is 6.63. The molecule has 0 fully saturated rings. The van der Waals surface area contributed by atoms with E-state index in [1.165, 1.54) is 18.2 Å². The number of benzene rings is 4. The molecule has 0 atom stereocenters. The van der Waals surface area contributed by atoms with Gasteiger partial charge in [-0.2, -0.15) is 25.3 Å². The third-order valence-corrected chi connectivity index (χ3v) is 7.33. The van der Waals surface area contributed by atoms with E-state index in [1.54, 1.807) is 0 Å². The van der Waals surface area contributed by atoms with Gasteiger partial charge in [0.1, 0.15) is 14.7 Å². The van der Waals surface area contributed by atoms with E-state index in [4.69, 9.17) is 5.73 Å². The fourth-order valence-electron chi connectivity index (χ4n) is 3.56. The summed E-state index contributed by atoms with van der Waals surface area (Å²) >= 11 is 0. The first-order chi connectivity index (χ1) is 13.2. The Balaban J connectivity index is 0.00000171. The largest absolute Gasteiger partial charge is 1.00 e. The molecule has 0 unspecified atom stereocenters. The Kier molecular flexibility index (Phi) is 9.37. The quantitative estimate of drug-likeness (QED) is 0.0864. The number of nitrogen functional groups attached to an aromatic ring is 1. The average Bonchev–Trinajstić information content (AvgIpc) is 2.57. The molecule has 5 N–H and O–H groups in total. The first kappa shape index (κ1) is 30.5. The van der Waals surface area contributed by atoms with Gasteiger partial charge in [-0.05, 0) is 12.1 Å². The number of anilines is 1. The third-order valence-electron chi connectivity index (χ3n) is 4.65. The molecule has 10 nitrogen and oxygen atoms in total. The van der Waals surface area contributed by atoms with E-state index in [0.717, 1.165) is 12.1 Å². The summed E-state index contributed by atoms with van der Waals surface area (Å²) in [5.74, 6) is 0. The number of nitrogens with two attached hydrogens (primary N) is 1. The Bertz CT molecular complexity index is 1630. The maximum atomic E-state index is 11.9. The molecule has 4 aromatic rings. The van der Waals surface area contributed by atoms with Crippen molar-refractivity contribution in [1.82, 2.24) is 0 Å². The van der Waals surface area contributed by atoms with E-state index < -0.39 is 45.0 Å². The van der Waals surface area contributed by atoms with Crippen LogP contribution in [0.4, 0.5) is 5.69 Å². The standard InChI is InChI=1S/C16H11NO9S3.3Na/c17-11-5-12(27(18,19)20)8-3-4-10-14(29(24,25)26)6-13(28(21,22)23)9-2-1-7(11)15(8)16(9)10;;;/h1-6H,17H2,(H,18,19,20)(H,21,22,23)(H,24,25,26);;;/q;3*+1. The van der Waals surface area contributed by atoms with Gasteiger partial charge in [0.15, 0.2) is 0 Å². The molecule has 0 aliphatic carbocycles. The molecule has 0 aliphatic rings. The molecule has 32 heavy (non-hydrogen) atoms. The van der Waals surface area contributed by atoms with Crippen LogP contribution >= 0.6 is 0 Å². The van der Waals surface area contributed by atoms with E-state index in [9.17, 15) is 38.9 Å². The van der Waals surface area contributed by atoms with Gasteiger partial charge in [-0.1, -0.05) is 24.3 Å². The molecule has 0 saturated heterocycles. The molecule has 4 rings (SSSR count). The van der Waals surface area contributed by atoms with E-state index >= 15 is 0 Å². The van der Waals surface area contributed by atoms with E-state index in [0.29, 0.717) is 6.07 Å². The summed E-state index contributed by atoms with van der Waals surface area (Å²) in [7, 11) is -14.6. The normalized spacial score (nSPS) is 12.3. The molecule has 4 aromatic carbocycles. The molecular formula is C16H11NNa3O9S3+3. The van der Waals surface area contributed by atoms with Gasteiger partial charge in [0, 0.05) is 38.0 Å². The molecule has 0 aliphatic heterocycles. The Morgan fingerprint density at radius 2 is 0.812 bits per heavy atom. The smallest absolute Gasteiger partial charge is 0.398 e. The van der Waals surface area contributed by atoms with Crippen molar-refractivity contribution in [2.75, 3.05) is 5.73 Å². The topological polar surface area (TPSA) is 189 Å². The minimum Gasteiger partial charge on any atom is -0.398 e. The Labute approximate surface area is 249 Å². The summed E-state index contributed by atoms with van der Waals surface area (Å²) < 4.78 is 99.8. The van der Waals surface area contributed by atoms with Crippen LogP contribution < -0.4 is 94.4 Å². The summed E-state index contributed by atoms with van der Waals surface area (Å²) in [6.45, 7) is 0. The molecule has 0 bridgehead atoms. The van der Waals surface area contributed by atoms with Gasteiger partial charge < -0.3 is 5.73 Å². The van der Waals surface area contributed by atoms with Crippen molar-refractivity contribution in [3.05, 3.63) is 36.4 Å². The van der Waals surface area contributed by atoms with Gasteiger partial charge >= 0.3 is 88.7 Å². The predicted octanol–water partition coefficient (Wildman–Crippen LogP) is -7.08. The average molecular weight is 526 g/mol. The van der Waals surface area contributed by atoms with Crippen LogP contribution in [0.2, 0.25) is 0 Å². The maximum absolute atomic E-state index is 11.9. The monoisotopic (exact) mass is 526 g/mol. The fraction of sp³-hybridized carbons (Fsp3) is 0. The van der Waals surface area contributed by atoms with Crippen molar-refractivity contribution < 1.29 is 128 Å². The molecular weight excluding hydrogens is 515 g/mol. The molecule has 0 heterocycles. The van der Waals surface area contributed by atoms with Gasteiger partial charge in [0.25, 0.3) is 30.4 Å². The van der Waals surface area contributed by atoms with E-state index in [-0.39, 0.29) is 127 Å². The second kappa shape index (κ2) is 9.84. The molecule has 152 valence electrons. The number of rotatable bonds is 3. The number of hydrogen-bond donors (Lipinski definition) is 4. The predicted molar refractivity (Wildman–Crippen MR) is 104 cm³/mol. The summed E-state index contributed by atoms with van der Waals surface area (Å²) in [5.41, 5.74) is 5.82. The second-order valence-corrected chi connectivity index (χ2v) is 10.5.